The lowest BCUT2D eigenvalue weighted by molar-refractivity contribution is 0.365. The molecule has 0 bridgehead atoms. The molecule has 1 rings (SSSR count). The van der Waals surface area contributed by atoms with Gasteiger partial charge in [0.25, 0.3) is 0 Å². The molecule has 1 aromatic rings. The predicted molar refractivity (Wildman–Crippen MR) is 71.6 cm³/mol. The molecule has 0 saturated carbocycles. The van der Waals surface area contributed by atoms with E-state index < -0.39 is 0 Å². The van der Waals surface area contributed by atoms with Crippen molar-refractivity contribution in [1.29, 1.82) is 0 Å². The van der Waals surface area contributed by atoms with Gasteiger partial charge in [-0.05, 0) is 31.7 Å². The van der Waals surface area contributed by atoms with Gasteiger partial charge in [0.05, 0.1) is 0 Å². The summed E-state index contributed by atoms with van der Waals surface area (Å²) in [6, 6.07) is 8.76. The molecule has 1 nitrogen and oxygen atoms in total. The van der Waals surface area contributed by atoms with Crippen LogP contribution in [0.1, 0.15) is 50.7 Å². The highest BCUT2D eigenvalue weighted by molar-refractivity contribution is 5.23. The van der Waals surface area contributed by atoms with Crippen LogP contribution in [0.3, 0.4) is 0 Å². The standard InChI is InChI=1S/C15H25N/c1-4-6-11-15(16,5-2)12-14-9-7-13(3)8-10-14/h7-10H,4-6,11-12,16H2,1-3H3. The Morgan fingerprint density at radius 3 is 2.25 bits per heavy atom. The summed E-state index contributed by atoms with van der Waals surface area (Å²) in [6.07, 6.45) is 5.65. The van der Waals surface area contributed by atoms with Crippen LogP contribution in [0.15, 0.2) is 24.3 Å². The molecule has 0 saturated heterocycles. The molecular weight excluding hydrogens is 194 g/mol. The molecule has 0 aliphatic carbocycles. The van der Waals surface area contributed by atoms with E-state index >= 15 is 0 Å². The maximum Gasteiger partial charge on any atom is 0.0192 e. The first-order valence-corrected chi connectivity index (χ1v) is 6.44. The van der Waals surface area contributed by atoms with Crippen molar-refractivity contribution in [3.05, 3.63) is 35.4 Å². The van der Waals surface area contributed by atoms with Gasteiger partial charge in [0.1, 0.15) is 0 Å². The zero-order chi connectivity index (χ0) is 12.0. The molecule has 0 fully saturated rings. The van der Waals surface area contributed by atoms with Crippen molar-refractivity contribution in [2.24, 2.45) is 5.73 Å². The number of aryl methyl sites for hydroxylation is 1. The average molecular weight is 219 g/mol. The lowest BCUT2D eigenvalue weighted by atomic mass is 9.84. The summed E-state index contributed by atoms with van der Waals surface area (Å²) in [5.74, 6) is 0. The van der Waals surface area contributed by atoms with Gasteiger partial charge in [-0.15, -0.1) is 0 Å². The molecule has 16 heavy (non-hydrogen) atoms. The molecule has 2 N–H and O–H groups in total. The second kappa shape index (κ2) is 6.05. The van der Waals surface area contributed by atoms with E-state index in [2.05, 4.69) is 45.0 Å². The van der Waals surface area contributed by atoms with Crippen LogP contribution in [-0.4, -0.2) is 5.54 Å². The molecule has 1 aromatic carbocycles. The predicted octanol–water partition coefficient (Wildman–Crippen LogP) is 3.84. The van der Waals surface area contributed by atoms with Gasteiger partial charge in [0, 0.05) is 5.54 Å². The second-order valence-electron chi connectivity index (χ2n) is 4.98. The van der Waals surface area contributed by atoms with Crippen LogP contribution >= 0.6 is 0 Å². The van der Waals surface area contributed by atoms with E-state index in [-0.39, 0.29) is 5.54 Å². The van der Waals surface area contributed by atoms with Gasteiger partial charge < -0.3 is 5.73 Å². The van der Waals surface area contributed by atoms with Crippen LogP contribution in [0.25, 0.3) is 0 Å². The van der Waals surface area contributed by atoms with E-state index in [1.165, 1.54) is 24.0 Å². The summed E-state index contributed by atoms with van der Waals surface area (Å²) in [6.45, 7) is 6.54. The normalized spacial score (nSPS) is 14.8. The number of unbranched alkanes of at least 4 members (excludes halogenated alkanes) is 1. The second-order valence-corrected chi connectivity index (χ2v) is 4.98. The van der Waals surface area contributed by atoms with Crippen molar-refractivity contribution in [3.63, 3.8) is 0 Å². The van der Waals surface area contributed by atoms with E-state index in [1.54, 1.807) is 0 Å². The van der Waals surface area contributed by atoms with E-state index in [0.29, 0.717) is 0 Å². The molecule has 0 heterocycles. The van der Waals surface area contributed by atoms with Gasteiger partial charge in [0.2, 0.25) is 0 Å². The summed E-state index contributed by atoms with van der Waals surface area (Å²) in [5, 5.41) is 0. The third kappa shape index (κ3) is 3.97. The van der Waals surface area contributed by atoms with Crippen LogP contribution < -0.4 is 5.73 Å². The van der Waals surface area contributed by atoms with E-state index in [4.69, 9.17) is 5.73 Å². The third-order valence-corrected chi connectivity index (χ3v) is 3.41. The van der Waals surface area contributed by atoms with Gasteiger partial charge in [-0.2, -0.15) is 0 Å². The minimum atomic E-state index is -0.00866. The lowest BCUT2D eigenvalue weighted by Gasteiger charge is -2.28. The minimum Gasteiger partial charge on any atom is -0.325 e. The summed E-state index contributed by atoms with van der Waals surface area (Å²) < 4.78 is 0. The molecule has 0 aliphatic rings. The minimum absolute atomic E-state index is 0.00866. The smallest absolute Gasteiger partial charge is 0.0192 e. The van der Waals surface area contributed by atoms with E-state index in [9.17, 15) is 0 Å². The number of benzene rings is 1. The Kier molecular flexibility index (Phi) is 5.01. The summed E-state index contributed by atoms with van der Waals surface area (Å²) in [7, 11) is 0. The Bertz CT molecular complexity index is 302. The maximum absolute atomic E-state index is 6.45. The van der Waals surface area contributed by atoms with Crippen molar-refractivity contribution >= 4 is 0 Å². The van der Waals surface area contributed by atoms with Crippen molar-refractivity contribution in [2.75, 3.05) is 0 Å². The molecule has 1 atom stereocenters. The zero-order valence-corrected chi connectivity index (χ0v) is 10.9. The van der Waals surface area contributed by atoms with Gasteiger partial charge in [-0.1, -0.05) is 56.5 Å². The number of nitrogens with two attached hydrogens (primary N) is 1. The van der Waals surface area contributed by atoms with Crippen LogP contribution in [0.2, 0.25) is 0 Å². The van der Waals surface area contributed by atoms with Gasteiger partial charge in [-0.3, -0.25) is 0 Å². The molecule has 1 unspecified atom stereocenters. The lowest BCUT2D eigenvalue weighted by Crippen LogP contribution is -2.41. The van der Waals surface area contributed by atoms with Crippen LogP contribution in [0.5, 0.6) is 0 Å². The SMILES string of the molecule is CCCCC(N)(CC)Cc1ccc(C)cc1. The first kappa shape index (κ1) is 13.2. The third-order valence-electron chi connectivity index (χ3n) is 3.41. The van der Waals surface area contributed by atoms with Gasteiger partial charge in [0.15, 0.2) is 0 Å². The largest absolute Gasteiger partial charge is 0.325 e. The molecular formula is C15H25N. The van der Waals surface area contributed by atoms with Crippen molar-refractivity contribution in [1.82, 2.24) is 0 Å². The molecule has 90 valence electrons. The molecule has 0 aromatic heterocycles. The highest BCUT2D eigenvalue weighted by Crippen LogP contribution is 2.21. The fourth-order valence-electron chi connectivity index (χ4n) is 2.03. The van der Waals surface area contributed by atoms with E-state index in [1.807, 2.05) is 0 Å². The Balaban J connectivity index is 2.64. The van der Waals surface area contributed by atoms with Crippen molar-refractivity contribution in [3.8, 4) is 0 Å². The van der Waals surface area contributed by atoms with Crippen molar-refractivity contribution in [2.45, 2.75) is 58.4 Å². The first-order chi connectivity index (χ1) is 7.59. The zero-order valence-electron chi connectivity index (χ0n) is 10.9. The Hall–Kier alpha value is -0.820. The molecule has 0 amide bonds. The fourth-order valence-corrected chi connectivity index (χ4v) is 2.03. The molecule has 0 spiro atoms. The van der Waals surface area contributed by atoms with Crippen LogP contribution in [0, 0.1) is 6.92 Å². The number of hydrogen-bond acceptors (Lipinski definition) is 1. The average Bonchev–Trinajstić information content (AvgIpc) is 2.30. The summed E-state index contributed by atoms with van der Waals surface area (Å²) in [5.41, 5.74) is 9.13. The van der Waals surface area contributed by atoms with Crippen molar-refractivity contribution < 1.29 is 0 Å². The molecule has 0 aliphatic heterocycles. The Morgan fingerprint density at radius 1 is 1.12 bits per heavy atom. The monoisotopic (exact) mass is 219 g/mol. The topological polar surface area (TPSA) is 26.0 Å². The summed E-state index contributed by atoms with van der Waals surface area (Å²) >= 11 is 0. The van der Waals surface area contributed by atoms with Gasteiger partial charge in [-0.25, -0.2) is 0 Å². The fraction of sp³-hybridized carbons (Fsp3) is 0.600. The maximum atomic E-state index is 6.45. The Morgan fingerprint density at radius 2 is 1.75 bits per heavy atom. The quantitative estimate of drug-likeness (QED) is 0.773. The van der Waals surface area contributed by atoms with Crippen LogP contribution in [0.4, 0.5) is 0 Å². The van der Waals surface area contributed by atoms with E-state index in [0.717, 1.165) is 19.3 Å². The van der Waals surface area contributed by atoms with Crippen LogP contribution in [-0.2, 0) is 6.42 Å². The first-order valence-electron chi connectivity index (χ1n) is 6.44. The molecule has 1 heteroatoms. The molecule has 0 radical (unpaired) electrons. The number of rotatable bonds is 6. The highest BCUT2D eigenvalue weighted by atomic mass is 14.7. The van der Waals surface area contributed by atoms with Gasteiger partial charge >= 0.3 is 0 Å². The summed E-state index contributed by atoms with van der Waals surface area (Å²) in [4.78, 5) is 0. The Labute approximate surface area is 100 Å². The number of hydrogen-bond donors (Lipinski definition) is 1. The highest BCUT2D eigenvalue weighted by Gasteiger charge is 2.22.